The fourth-order valence-electron chi connectivity index (χ4n) is 1.05. The van der Waals surface area contributed by atoms with Gasteiger partial charge in [-0.3, -0.25) is 4.79 Å². The van der Waals surface area contributed by atoms with Crippen LogP contribution in [0, 0.1) is 11.7 Å². The number of carbonyl (C=O) groups is 1. The molecule has 0 aliphatic rings. The second kappa shape index (κ2) is 2.99. The van der Waals surface area contributed by atoms with Crippen molar-refractivity contribution in [3.05, 3.63) is 16.7 Å². The number of aryl methyl sites for hydroxylation is 1. The van der Waals surface area contributed by atoms with Crippen LogP contribution in [-0.2, 0) is 10.3 Å². The van der Waals surface area contributed by atoms with E-state index in [2.05, 4.69) is 4.98 Å². The molecule has 5 heteroatoms. The molecule has 0 saturated heterocycles. The molecule has 1 amide bonds. The van der Waals surface area contributed by atoms with Gasteiger partial charge in [-0.25, -0.2) is 0 Å². The van der Waals surface area contributed by atoms with E-state index >= 15 is 0 Å². The maximum absolute atomic E-state index is 11.1. The molecular formula is C8H13N3OS. The first-order chi connectivity index (χ1) is 5.85. The van der Waals surface area contributed by atoms with E-state index in [0.717, 1.165) is 5.69 Å². The summed E-state index contributed by atoms with van der Waals surface area (Å²) in [6.07, 6.45) is 1.78. The number of aromatic amines is 1. The van der Waals surface area contributed by atoms with Crippen molar-refractivity contribution in [3.8, 4) is 0 Å². The quantitative estimate of drug-likeness (QED) is 0.700. The monoisotopic (exact) mass is 199 g/mol. The van der Waals surface area contributed by atoms with E-state index in [4.69, 9.17) is 18.0 Å². The standard InChI is InChI=1S/C8H13N3OS/c1-5-4-11(7(13)10-5)8(2,3)6(9)12/h4H,1-3H3,(H2,9,12)(H,10,13). The molecule has 1 aromatic heterocycles. The number of imidazole rings is 1. The summed E-state index contributed by atoms with van der Waals surface area (Å²) in [6, 6.07) is 0. The third kappa shape index (κ3) is 1.65. The Balaban J connectivity index is 3.29. The minimum Gasteiger partial charge on any atom is -0.368 e. The SMILES string of the molecule is Cc1cn(C(C)(C)C(N)=O)c(=S)[nH]1. The molecule has 0 aromatic carbocycles. The van der Waals surface area contributed by atoms with Gasteiger partial charge >= 0.3 is 0 Å². The second-order valence-electron chi connectivity index (χ2n) is 3.54. The molecule has 0 saturated carbocycles. The Labute approximate surface area is 81.8 Å². The summed E-state index contributed by atoms with van der Waals surface area (Å²) in [7, 11) is 0. The summed E-state index contributed by atoms with van der Waals surface area (Å²) in [5, 5.41) is 0. The van der Waals surface area contributed by atoms with Gasteiger partial charge in [-0.1, -0.05) is 0 Å². The van der Waals surface area contributed by atoms with Gasteiger partial charge in [0.15, 0.2) is 4.77 Å². The molecule has 0 aliphatic carbocycles. The van der Waals surface area contributed by atoms with Crippen LogP contribution in [-0.4, -0.2) is 15.5 Å². The number of hydrogen-bond acceptors (Lipinski definition) is 2. The molecule has 0 bridgehead atoms. The molecule has 0 aliphatic heterocycles. The third-order valence-electron chi connectivity index (χ3n) is 2.05. The number of rotatable bonds is 2. The van der Waals surface area contributed by atoms with E-state index in [0.29, 0.717) is 4.77 Å². The molecule has 1 rings (SSSR count). The lowest BCUT2D eigenvalue weighted by Gasteiger charge is -2.21. The minimum atomic E-state index is -0.776. The lowest BCUT2D eigenvalue weighted by molar-refractivity contribution is -0.125. The first-order valence-corrected chi connectivity index (χ1v) is 4.35. The van der Waals surface area contributed by atoms with Crippen LogP contribution in [0.3, 0.4) is 0 Å². The molecule has 4 nitrogen and oxygen atoms in total. The van der Waals surface area contributed by atoms with E-state index in [-0.39, 0.29) is 0 Å². The largest absolute Gasteiger partial charge is 0.368 e. The van der Waals surface area contributed by atoms with Crippen LogP contribution >= 0.6 is 12.2 Å². The Morgan fingerprint density at radius 3 is 2.54 bits per heavy atom. The molecule has 1 aromatic rings. The van der Waals surface area contributed by atoms with Crippen molar-refractivity contribution in [3.63, 3.8) is 0 Å². The molecule has 0 spiro atoms. The highest BCUT2D eigenvalue weighted by Crippen LogP contribution is 2.15. The Morgan fingerprint density at radius 1 is 1.69 bits per heavy atom. The first-order valence-electron chi connectivity index (χ1n) is 3.94. The highest BCUT2D eigenvalue weighted by molar-refractivity contribution is 7.71. The van der Waals surface area contributed by atoms with Crippen LogP contribution < -0.4 is 5.73 Å². The van der Waals surface area contributed by atoms with Gasteiger partial charge in [0.2, 0.25) is 5.91 Å². The van der Waals surface area contributed by atoms with Gasteiger partial charge < -0.3 is 15.3 Å². The molecular weight excluding hydrogens is 186 g/mol. The summed E-state index contributed by atoms with van der Waals surface area (Å²) >= 11 is 5.04. The van der Waals surface area contributed by atoms with E-state index in [9.17, 15) is 4.79 Å². The Morgan fingerprint density at radius 2 is 2.23 bits per heavy atom. The van der Waals surface area contributed by atoms with Crippen molar-refractivity contribution in [1.29, 1.82) is 0 Å². The van der Waals surface area contributed by atoms with Gasteiger partial charge in [0.1, 0.15) is 5.54 Å². The summed E-state index contributed by atoms with van der Waals surface area (Å²) < 4.78 is 2.18. The van der Waals surface area contributed by atoms with Crippen molar-refractivity contribution in [2.24, 2.45) is 5.73 Å². The average molecular weight is 199 g/mol. The normalized spacial score (nSPS) is 11.6. The number of nitrogens with one attached hydrogen (secondary N) is 1. The third-order valence-corrected chi connectivity index (χ3v) is 2.35. The number of aromatic nitrogens is 2. The van der Waals surface area contributed by atoms with Crippen LogP contribution in [0.5, 0.6) is 0 Å². The van der Waals surface area contributed by atoms with Gasteiger partial charge in [-0.15, -0.1) is 0 Å². The minimum absolute atomic E-state index is 0.400. The molecule has 0 unspecified atom stereocenters. The zero-order valence-electron chi connectivity index (χ0n) is 7.92. The summed E-state index contributed by atoms with van der Waals surface area (Å²) in [6.45, 7) is 5.35. The smallest absolute Gasteiger partial charge is 0.243 e. The molecule has 1 heterocycles. The van der Waals surface area contributed by atoms with E-state index < -0.39 is 11.4 Å². The predicted octanol–water partition coefficient (Wildman–Crippen LogP) is 1.07. The predicted molar refractivity (Wildman–Crippen MR) is 52.9 cm³/mol. The van der Waals surface area contributed by atoms with Gasteiger partial charge in [-0.2, -0.15) is 0 Å². The van der Waals surface area contributed by atoms with Gasteiger partial charge in [0.25, 0.3) is 0 Å². The molecule has 0 atom stereocenters. The fourth-order valence-corrected chi connectivity index (χ4v) is 1.49. The van der Waals surface area contributed by atoms with Crippen LogP contribution in [0.2, 0.25) is 0 Å². The van der Waals surface area contributed by atoms with Crippen molar-refractivity contribution in [1.82, 2.24) is 9.55 Å². The molecule has 13 heavy (non-hydrogen) atoms. The fraction of sp³-hybridized carbons (Fsp3) is 0.500. The zero-order chi connectivity index (χ0) is 10.2. The number of nitrogens with two attached hydrogens (primary N) is 1. The Kier molecular flexibility index (Phi) is 2.30. The van der Waals surface area contributed by atoms with Crippen molar-refractivity contribution in [2.45, 2.75) is 26.3 Å². The first kappa shape index (κ1) is 9.98. The number of H-pyrrole nitrogens is 1. The van der Waals surface area contributed by atoms with Crippen molar-refractivity contribution in [2.75, 3.05) is 0 Å². The number of amides is 1. The van der Waals surface area contributed by atoms with Crippen LogP contribution in [0.15, 0.2) is 6.20 Å². The summed E-state index contributed by atoms with van der Waals surface area (Å²) in [4.78, 5) is 14.1. The second-order valence-corrected chi connectivity index (χ2v) is 3.92. The van der Waals surface area contributed by atoms with Crippen molar-refractivity contribution < 1.29 is 4.79 Å². The number of hydrogen-bond donors (Lipinski definition) is 2. The number of nitrogens with zero attached hydrogens (tertiary/aromatic N) is 1. The van der Waals surface area contributed by atoms with E-state index in [1.165, 1.54) is 0 Å². The maximum Gasteiger partial charge on any atom is 0.243 e. The molecule has 72 valence electrons. The summed E-state index contributed by atoms with van der Waals surface area (Å²) in [5.74, 6) is -0.400. The lowest BCUT2D eigenvalue weighted by Crippen LogP contribution is -2.40. The van der Waals surface area contributed by atoms with Gasteiger partial charge in [-0.05, 0) is 33.0 Å². The topological polar surface area (TPSA) is 63.8 Å². The maximum atomic E-state index is 11.1. The number of primary amides is 1. The van der Waals surface area contributed by atoms with Crippen molar-refractivity contribution >= 4 is 18.1 Å². The van der Waals surface area contributed by atoms with Gasteiger partial charge in [0.05, 0.1) is 0 Å². The van der Waals surface area contributed by atoms with Crippen LogP contribution in [0.25, 0.3) is 0 Å². The molecule has 0 radical (unpaired) electrons. The Hall–Kier alpha value is -1.10. The number of carbonyl (C=O) groups excluding carboxylic acids is 1. The Bertz CT molecular complexity index is 388. The van der Waals surface area contributed by atoms with E-state index in [1.54, 1.807) is 24.6 Å². The van der Waals surface area contributed by atoms with Gasteiger partial charge in [0, 0.05) is 11.9 Å². The average Bonchev–Trinajstić information content (AvgIpc) is 2.30. The lowest BCUT2D eigenvalue weighted by atomic mass is 10.1. The van der Waals surface area contributed by atoms with E-state index in [1.807, 2.05) is 6.92 Å². The highest BCUT2D eigenvalue weighted by atomic mass is 32.1. The zero-order valence-corrected chi connectivity index (χ0v) is 8.73. The van der Waals surface area contributed by atoms with Crippen LogP contribution in [0.1, 0.15) is 19.5 Å². The molecule has 0 fully saturated rings. The molecule has 3 N–H and O–H groups in total. The summed E-state index contributed by atoms with van der Waals surface area (Å²) in [5.41, 5.74) is 5.40. The van der Waals surface area contributed by atoms with Crippen LogP contribution in [0.4, 0.5) is 0 Å². The highest BCUT2D eigenvalue weighted by Gasteiger charge is 2.27.